The average molecular weight is 249 g/mol. The van der Waals surface area contributed by atoms with Crippen LogP contribution in [0.5, 0.6) is 0 Å². The lowest BCUT2D eigenvalue weighted by molar-refractivity contribution is -0.177. The van der Waals surface area contributed by atoms with Crippen LogP contribution in [0, 0.1) is 0 Å². The van der Waals surface area contributed by atoms with Crippen LogP contribution in [0.15, 0.2) is 0 Å². The Morgan fingerprint density at radius 2 is 2.00 bits per heavy atom. The molecule has 0 aromatic heterocycles. The fourth-order valence-corrected chi connectivity index (χ4v) is 2.20. The maximum Gasteiger partial charge on any atom is 0.166 e. The third kappa shape index (κ3) is 2.44. The lowest BCUT2D eigenvalue weighted by Gasteiger charge is -2.39. The molecule has 4 unspecified atom stereocenters. The Morgan fingerprint density at radius 1 is 1.29 bits per heavy atom. The molecule has 2 rings (SSSR count). The summed E-state index contributed by atoms with van der Waals surface area (Å²) in [4.78, 5) is 1.47. The van der Waals surface area contributed by atoms with Crippen LogP contribution in [-0.2, 0) is 4.74 Å². The Morgan fingerprint density at radius 3 is 2.53 bits per heavy atom. The lowest BCUT2D eigenvalue weighted by Crippen LogP contribution is -2.63. The first-order valence-corrected chi connectivity index (χ1v) is 5.62. The van der Waals surface area contributed by atoms with Gasteiger partial charge in [0.2, 0.25) is 0 Å². The van der Waals surface area contributed by atoms with Crippen LogP contribution < -0.4 is 11.1 Å². The Hall–Kier alpha value is -0.320. The van der Waals surface area contributed by atoms with Gasteiger partial charge in [-0.1, -0.05) is 0 Å². The van der Waals surface area contributed by atoms with Gasteiger partial charge in [-0.2, -0.15) is 0 Å². The molecule has 17 heavy (non-hydrogen) atoms. The molecule has 0 spiro atoms. The van der Waals surface area contributed by atoms with Crippen LogP contribution >= 0.6 is 0 Å². The largest absolute Gasteiger partial charge is 0.394 e. The molecule has 0 radical (unpaired) electrons. The van der Waals surface area contributed by atoms with E-state index in [-0.39, 0.29) is 12.8 Å². The first-order chi connectivity index (χ1) is 8.04. The summed E-state index contributed by atoms with van der Waals surface area (Å²) in [5.74, 6) is 0. The summed E-state index contributed by atoms with van der Waals surface area (Å²) in [6, 6.07) is 0. The maximum absolute atomic E-state index is 9.80. The highest BCUT2D eigenvalue weighted by Gasteiger charge is 2.47. The summed E-state index contributed by atoms with van der Waals surface area (Å²) >= 11 is 0. The van der Waals surface area contributed by atoms with Gasteiger partial charge in [0.15, 0.2) is 6.35 Å². The molecule has 0 aromatic carbocycles. The molecule has 2 aliphatic rings. The minimum Gasteiger partial charge on any atom is -0.394 e. The molecule has 6 atom stereocenters. The minimum atomic E-state index is -1.17. The molecule has 2 fully saturated rings. The second-order valence-corrected chi connectivity index (χ2v) is 4.40. The number of hydrogen-bond acceptors (Lipinski definition) is 8. The number of hydrogen-bond donors (Lipinski definition) is 6. The molecule has 2 aliphatic heterocycles. The number of nitrogens with one attached hydrogen (secondary N) is 1. The molecule has 8 nitrogen and oxygen atoms in total. The molecule has 100 valence electrons. The molecule has 0 amide bonds. The quantitative estimate of drug-likeness (QED) is 0.294. The Balaban J connectivity index is 2.03. The van der Waals surface area contributed by atoms with Gasteiger partial charge in [-0.25, -0.2) is 4.90 Å². The van der Waals surface area contributed by atoms with E-state index in [0.717, 1.165) is 0 Å². The van der Waals surface area contributed by atoms with Gasteiger partial charge in [-0.3, -0.25) is 5.32 Å². The van der Waals surface area contributed by atoms with Gasteiger partial charge in [0.05, 0.1) is 12.8 Å². The van der Waals surface area contributed by atoms with E-state index in [4.69, 9.17) is 15.6 Å². The van der Waals surface area contributed by atoms with Gasteiger partial charge < -0.3 is 30.9 Å². The standard InChI is InChI=1S/C9H19N3O5/c10-5-1-2-12(9(16)11-5)8-7(15)6(14)4(3-13)17-8/h4-9,11,13-16H,1-3,10H2/t4-,5?,6?,7?,8-,9?/m1/s1. The van der Waals surface area contributed by atoms with E-state index in [1.54, 1.807) is 0 Å². The normalized spacial score (nSPS) is 48.5. The van der Waals surface area contributed by atoms with Crippen molar-refractivity contribution in [2.24, 2.45) is 5.73 Å². The maximum atomic E-state index is 9.80. The number of nitrogens with two attached hydrogens (primary N) is 1. The van der Waals surface area contributed by atoms with Gasteiger partial charge in [0.25, 0.3) is 0 Å². The van der Waals surface area contributed by atoms with Crippen molar-refractivity contribution < 1.29 is 25.2 Å². The van der Waals surface area contributed by atoms with Crippen LogP contribution in [0.2, 0.25) is 0 Å². The highest BCUT2D eigenvalue weighted by Crippen LogP contribution is 2.25. The van der Waals surface area contributed by atoms with Crippen molar-refractivity contribution in [1.29, 1.82) is 0 Å². The van der Waals surface area contributed by atoms with E-state index in [1.807, 2.05) is 0 Å². The second kappa shape index (κ2) is 5.12. The average Bonchev–Trinajstić information content (AvgIpc) is 2.57. The number of rotatable bonds is 2. The van der Waals surface area contributed by atoms with Crippen LogP contribution in [0.25, 0.3) is 0 Å². The summed E-state index contributed by atoms with van der Waals surface area (Å²) in [6.07, 6.45) is -4.77. The van der Waals surface area contributed by atoms with Crippen molar-refractivity contribution in [2.75, 3.05) is 13.2 Å². The highest BCUT2D eigenvalue weighted by atomic mass is 16.6. The fraction of sp³-hybridized carbons (Fsp3) is 1.00. The van der Waals surface area contributed by atoms with Crippen molar-refractivity contribution in [2.45, 2.75) is 43.5 Å². The van der Waals surface area contributed by atoms with Gasteiger partial charge in [-0.15, -0.1) is 0 Å². The Kier molecular flexibility index (Phi) is 3.95. The summed E-state index contributed by atoms with van der Waals surface area (Å²) in [6.45, 7) is 0.0491. The monoisotopic (exact) mass is 249 g/mol. The molecular weight excluding hydrogens is 230 g/mol. The van der Waals surface area contributed by atoms with E-state index in [0.29, 0.717) is 13.0 Å². The molecular formula is C9H19N3O5. The summed E-state index contributed by atoms with van der Waals surface area (Å²) in [7, 11) is 0. The molecule has 8 heteroatoms. The molecule has 0 bridgehead atoms. The number of nitrogens with zero attached hydrogens (tertiary/aromatic N) is 1. The zero-order valence-corrected chi connectivity index (χ0v) is 9.31. The first-order valence-electron chi connectivity index (χ1n) is 5.62. The van der Waals surface area contributed by atoms with Crippen molar-refractivity contribution in [3.05, 3.63) is 0 Å². The van der Waals surface area contributed by atoms with E-state index in [1.165, 1.54) is 4.90 Å². The number of aliphatic hydroxyl groups is 4. The molecule has 0 saturated carbocycles. The van der Waals surface area contributed by atoms with E-state index in [9.17, 15) is 15.3 Å². The van der Waals surface area contributed by atoms with Crippen LogP contribution in [0.3, 0.4) is 0 Å². The molecule has 7 N–H and O–H groups in total. The molecule has 0 aromatic rings. The van der Waals surface area contributed by atoms with E-state index in [2.05, 4.69) is 5.32 Å². The topological polar surface area (TPSA) is 131 Å². The summed E-state index contributed by atoms with van der Waals surface area (Å²) in [5, 5.41) is 40.8. The predicted molar refractivity (Wildman–Crippen MR) is 56.2 cm³/mol. The fourth-order valence-electron chi connectivity index (χ4n) is 2.20. The van der Waals surface area contributed by atoms with Crippen LogP contribution in [0.1, 0.15) is 6.42 Å². The van der Waals surface area contributed by atoms with Gasteiger partial charge in [0.1, 0.15) is 24.5 Å². The van der Waals surface area contributed by atoms with Crippen molar-refractivity contribution in [1.82, 2.24) is 10.2 Å². The number of ether oxygens (including phenoxy) is 1. The highest BCUT2D eigenvalue weighted by molar-refractivity contribution is 4.92. The van der Waals surface area contributed by atoms with Crippen molar-refractivity contribution >= 4 is 0 Å². The number of aliphatic hydroxyl groups excluding tert-OH is 4. The summed E-state index contributed by atoms with van der Waals surface area (Å²) in [5.41, 5.74) is 5.61. The molecule has 2 saturated heterocycles. The van der Waals surface area contributed by atoms with E-state index < -0.39 is 30.9 Å². The van der Waals surface area contributed by atoms with Crippen molar-refractivity contribution in [3.63, 3.8) is 0 Å². The predicted octanol–water partition coefficient (Wildman–Crippen LogP) is -3.72. The zero-order valence-electron chi connectivity index (χ0n) is 9.31. The first kappa shape index (κ1) is 13.1. The Labute approximate surface area is 98.6 Å². The van der Waals surface area contributed by atoms with Crippen molar-refractivity contribution in [3.8, 4) is 0 Å². The minimum absolute atomic E-state index is 0.307. The third-order valence-corrected chi connectivity index (χ3v) is 3.22. The smallest absolute Gasteiger partial charge is 0.166 e. The lowest BCUT2D eigenvalue weighted by atomic mass is 10.1. The molecule has 0 aliphatic carbocycles. The van der Waals surface area contributed by atoms with Gasteiger partial charge >= 0.3 is 0 Å². The van der Waals surface area contributed by atoms with Crippen LogP contribution in [0.4, 0.5) is 0 Å². The van der Waals surface area contributed by atoms with Gasteiger partial charge in [0, 0.05) is 6.54 Å². The second-order valence-electron chi connectivity index (χ2n) is 4.40. The zero-order chi connectivity index (χ0) is 12.6. The SMILES string of the molecule is NC1CCN([C@@H]2O[C@H](CO)C(O)C2O)C(O)N1. The third-order valence-electron chi connectivity index (χ3n) is 3.22. The summed E-state index contributed by atoms with van der Waals surface area (Å²) < 4.78 is 5.32. The molecule has 2 heterocycles. The Bertz CT molecular complexity index is 269. The van der Waals surface area contributed by atoms with Crippen LogP contribution in [-0.4, -0.2) is 75.5 Å². The van der Waals surface area contributed by atoms with Gasteiger partial charge in [-0.05, 0) is 6.42 Å². The van der Waals surface area contributed by atoms with E-state index >= 15 is 0 Å².